The molecule has 1 rings (SSSR count). The molecule has 0 bridgehead atoms. The van der Waals surface area contributed by atoms with Gasteiger partial charge in [-0.1, -0.05) is 0 Å². The lowest BCUT2D eigenvalue weighted by atomic mass is 9.99. The summed E-state index contributed by atoms with van der Waals surface area (Å²) in [4.78, 5) is 2.45. The van der Waals surface area contributed by atoms with Gasteiger partial charge in [-0.15, -0.1) is 0 Å². The second-order valence-electron chi connectivity index (χ2n) is 3.86. The highest BCUT2D eigenvalue weighted by molar-refractivity contribution is 4.80. The lowest BCUT2D eigenvalue weighted by molar-refractivity contribution is 0.0323. The van der Waals surface area contributed by atoms with E-state index in [1.54, 1.807) is 0 Å². The molecule has 0 aromatic rings. The molecular formula is C9H19NO. The topological polar surface area (TPSA) is 23.5 Å². The van der Waals surface area contributed by atoms with Crippen molar-refractivity contribution in [1.29, 1.82) is 0 Å². The Hall–Kier alpha value is -0.0800. The number of hydrogen-bond donors (Lipinski definition) is 1. The van der Waals surface area contributed by atoms with E-state index in [1.807, 2.05) is 0 Å². The normalized spacial score (nSPS) is 34.6. The van der Waals surface area contributed by atoms with Gasteiger partial charge in [0.15, 0.2) is 0 Å². The third-order valence-electron chi connectivity index (χ3n) is 2.56. The van der Waals surface area contributed by atoms with Crippen LogP contribution in [0.4, 0.5) is 0 Å². The summed E-state index contributed by atoms with van der Waals surface area (Å²) in [7, 11) is 0. The highest BCUT2D eigenvalue weighted by atomic mass is 16.3. The zero-order chi connectivity index (χ0) is 8.43. The molecule has 1 aliphatic rings. The van der Waals surface area contributed by atoms with E-state index in [2.05, 4.69) is 25.7 Å². The molecule has 1 aliphatic heterocycles. The molecule has 0 amide bonds. The SMILES string of the molecule is CC(C)N1CC[C@H](O)C[C@@H]1C. The van der Waals surface area contributed by atoms with Gasteiger partial charge in [-0.2, -0.15) is 0 Å². The Morgan fingerprint density at radius 2 is 2.09 bits per heavy atom. The number of rotatable bonds is 1. The first-order chi connectivity index (χ1) is 5.11. The molecule has 0 radical (unpaired) electrons. The molecule has 0 aromatic carbocycles. The van der Waals surface area contributed by atoms with Gasteiger partial charge < -0.3 is 5.11 Å². The number of likely N-dealkylation sites (tertiary alicyclic amines) is 1. The summed E-state index contributed by atoms with van der Waals surface area (Å²) >= 11 is 0. The molecule has 1 N–H and O–H groups in total. The molecule has 2 nitrogen and oxygen atoms in total. The van der Waals surface area contributed by atoms with Crippen LogP contribution >= 0.6 is 0 Å². The molecule has 11 heavy (non-hydrogen) atoms. The van der Waals surface area contributed by atoms with Crippen molar-refractivity contribution < 1.29 is 5.11 Å². The predicted molar refractivity (Wildman–Crippen MR) is 46.5 cm³/mol. The van der Waals surface area contributed by atoms with E-state index in [-0.39, 0.29) is 6.10 Å². The molecule has 2 atom stereocenters. The van der Waals surface area contributed by atoms with Gasteiger partial charge in [-0.3, -0.25) is 4.90 Å². The van der Waals surface area contributed by atoms with Crippen molar-refractivity contribution in [2.75, 3.05) is 6.54 Å². The fraction of sp³-hybridized carbons (Fsp3) is 1.00. The standard InChI is InChI=1S/C9H19NO/c1-7(2)10-5-4-9(11)6-8(10)3/h7-9,11H,4-6H2,1-3H3/t8-,9-/m0/s1. The molecule has 0 unspecified atom stereocenters. The summed E-state index contributed by atoms with van der Waals surface area (Å²) in [6.07, 6.45) is 1.83. The highest BCUT2D eigenvalue weighted by Crippen LogP contribution is 2.18. The summed E-state index contributed by atoms with van der Waals surface area (Å²) in [5.74, 6) is 0. The van der Waals surface area contributed by atoms with Crippen molar-refractivity contribution in [2.24, 2.45) is 0 Å². The van der Waals surface area contributed by atoms with E-state index in [4.69, 9.17) is 0 Å². The second kappa shape index (κ2) is 3.55. The third-order valence-corrected chi connectivity index (χ3v) is 2.56. The van der Waals surface area contributed by atoms with Crippen LogP contribution in [0.2, 0.25) is 0 Å². The zero-order valence-corrected chi connectivity index (χ0v) is 7.75. The van der Waals surface area contributed by atoms with Crippen molar-refractivity contribution in [3.8, 4) is 0 Å². The number of aliphatic hydroxyl groups excluding tert-OH is 1. The van der Waals surface area contributed by atoms with E-state index >= 15 is 0 Å². The molecule has 0 aromatic heterocycles. The Kier molecular flexibility index (Phi) is 2.90. The van der Waals surface area contributed by atoms with Crippen LogP contribution in [0.25, 0.3) is 0 Å². The molecule has 0 spiro atoms. The largest absolute Gasteiger partial charge is 0.393 e. The minimum absolute atomic E-state index is 0.0556. The Balaban J connectivity index is 2.44. The van der Waals surface area contributed by atoms with Crippen molar-refractivity contribution in [1.82, 2.24) is 4.90 Å². The molecule has 1 saturated heterocycles. The number of nitrogens with zero attached hydrogens (tertiary/aromatic N) is 1. The molecular weight excluding hydrogens is 138 g/mol. The molecule has 2 heteroatoms. The molecule has 0 saturated carbocycles. The maximum absolute atomic E-state index is 9.35. The van der Waals surface area contributed by atoms with Crippen LogP contribution in [0.5, 0.6) is 0 Å². The van der Waals surface area contributed by atoms with Gasteiger partial charge in [-0.25, -0.2) is 0 Å². The lowest BCUT2D eigenvalue weighted by Crippen LogP contribution is -2.46. The maximum atomic E-state index is 9.35. The Morgan fingerprint density at radius 3 is 2.55 bits per heavy atom. The summed E-state index contributed by atoms with van der Waals surface area (Å²) in [5, 5.41) is 9.35. The summed E-state index contributed by atoms with van der Waals surface area (Å²) in [6.45, 7) is 7.69. The van der Waals surface area contributed by atoms with Crippen LogP contribution in [0, 0.1) is 0 Å². The molecule has 1 fully saturated rings. The van der Waals surface area contributed by atoms with Crippen LogP contribution in [0.3, 0.4) is 0 Å². The zero-order valence-electron chi connectivity index (χ0n) is 7.75. The van der Waals surface area contributed by atoms with Crippen molar-refractivity contribution in [3.63, 3.8) is 0 Å². The third kappa shape index (κ3) is 2.17. The van der Waals surface area contributed by atoms with Crippen molar-refractivity contribution >= 4 is 0 Å². The van der Waals surface area contributed by atoms with Gasteiger partial charge in [0.1, 0.15) is 0 Å². The van der Waals surface area contributed by atoms with Crippen LogP contribution in [-0.4, -0.2) is 34.7 Å². The summed E-state index contributed by atoms with van der Waals surface area (Å²) < 4.78 is 0. The fourth-order valence-corrected chi connectivity index (χ4v) is 1.93. The van der Waals surface area contributed by atoms with Gasteiger partial charge in [-0.05, 0) is 33.6 Å². The minimum atomic E-state index is -0.0556. The predicted octanol–water partition coefficient (Wildman–Crippen LogP) is 1.24. The Bertz CT molecular complexity index is 125. The van der Waals surface area contributed by atoms with E-state index in [0.29, 0.717) is 12.1 Å². The summed E-state index contributed by atoms with van der Waals surface area (Å²) in [5.41, 5.74) is 0. The van der Waals surface area contributed by atoms with Gasteiger partial charge >= 0.3 is 0 Å². The van der Waals surface area contributed by atoms with Crippen LogP contribution in [0.1, 0.15) is 33.6 Å². The van der Waals surface area contributed by atoms with Crippen molar-refractivity contribution in [2.45, 2.75) is 51.8 Å². The van der Waals surface area contributed by atoms with Gasteiger partial charge in [0.25, 0.3) is 0 Å². The average molecular weight is 157 g/mol. The molecule has 1 heterocycles. The highest BCUT2D eigenvalue weighted by Gasteiger charge is 2.25. The second-order valence-corrected chi connectivity index (χ2v) is 3.86. The van der Waals surface area contributed by atoms with E-state index < -0.39 is 0 Å². The minimum Gasteiger partial charge on any atom is -0.393 e. The van der Waals surface area contributed by atoms with Gasteiger partial charge in [0, 0.05) is 18.6 Å². The fourth-order valence-electron chi connectivity index (χ4n) is 1.93. The van der Waals surface area contributed by atoms with Crippen LogP contribution in [0.15, 0.2) is 0 Å². The lowest BCUT2D eigenvalue weighted by Gasteiger charge is -2.38. The Labute approximate surface area is 69.2 Å². The average Bonchev–Trinajstić information content (AvgIpc) is 1.85. The first-order valence-electron chi connectivity index (χ1n) is 4.55. The van der Waals surface area contributed by atoms with E-state index in [0.717, 1.165) is 19.4 Å². The first-order valence-corrected chi connectivity index (χ1v) is 4.55. The maximum Gasteiger partial charge on any atom is 0.0567 e. The van der Waals surface area contributed by atoms with Crippen LogP contribution < -0.4 is 0 Å². The first kappa shape index (κ1) is 9.01. The quantitative estimate of drug-likeness (QED) is 0.619. The molecule has 66 valence electrons. The van der Waals surface area contributed by atoms with E-state index in [1.165, 1.54) is 0 Å². The Morgan fingerprint density at radius 1 is 1.45 bits per heavy atom. The smallest absolute Gasteiger partial charge is 0.0567 e. The number of hydrogen-bond acceptors (Lipinski definition) is 2. The van der Waals surface area contributed by atoms with Crippen molar-refractivity contribution in [3.05, 3.63) is 0 Å². The van der Waals surface area contributed by atoms with Crippen LogP contribution in [-0.2, 0) is 0 Å². The van der Waals surface area contributed by atoms with Gasteiger partial charge in [0.05, 0.1) is 6.10 Å². The van der Waals surface area contributed by atoms with Gasteiger partial charge in [0.2, 0.25) is 0 Å². The molecule has 0 aliphatic carbocycles. The monoisotopic (exact) mass is 157 g/mol. The summed E-state index contributed by atoms with van der Waals surface area (Å²) in [6, 6.07) is 1.18. The van der Waals surface area contributed by atoms with E-state index in [9.17, 15) is 5.11 Å². The number of aliphatic hydroxyl groups is 1. The number of piperidine rings is 1.